The molecule has 1 aromatic rings. The minimum Gasteiger partial charge on any atom is -0.508 e. The zero-order valence-corrected chi connectivity index (χ0v) is 59.8. The van der Waals surface area contributed by atoms with Gasteiger partial charge in [0.2, 0.25) is 70.9 Å². The molecule has 1 saturated heterocycles. The van der Waals surface area contributed by atoms with Crippen molar-refractivity contribution in [3.05, 3.63) is 29.8 Å². The first-order valence-corrected chi connectivity index (χ1v) is 35.3. The van der Waals surface area contributed by atoms with E-state index in [1.54, 1.807) is 34.0 Å². The van der Waals surface area contributed by atoms with Gasteiger partial charge in [-0.1, -0.05) is 39.8 Å². The van der Waals surface area contributed by atoms with Gasteiger partial charge in [-0.2, -0.15) is 11.8 Å². The monoisotopic (exact) mass is 1490 g/mol. The van der Waals surface area contributed by atoms with Crippen LogP contribution in [0.15, 0.2) is 24.3 Å². The van der Waals surface area contributed by atoms with E-state index >= 15 is 0 Å². The molecule has 1 aliphatic rings. The largest absolute Gasteiger partial charge is 0.508 e. The van der Waals surface area contributed by atoms with E-state index in [4.69, 9.17) is 22.3 Å². The van der Waals surface area contributed by atoms with Gasteiger partial charge in [-0.05, 0) is 132 Å². The molecule has 582 valence electrons. The number of carbonyl (C=O) groups is 17. The molecule has 0 saturated carbocycles. The molecular weight excluding hydrogens is 1390 g/mol. The highest BCUT2D eigenvalue weighted by Gasteiger charge is 2.42. The van der Waals surface area contributed by atoms with Crippen LogP contribution >= 0.6 is 11.8 Å². The van der Waals surface area contributed by atoms with E-state index in [0.29, 0.717) is 12.8 Å². The van der Waals surface area contributed by atoms with Crippen molar-refractivity contribution < 1.29 is 117 Å². The number of phenols is 1. The van der Waals surface area contributed by atoms with Crippen LogP contribution in [0.5, 0.6) is 5.75 Å². The third kappa shape index (κ3) is 33.6. The van der Waals surface area contributed by atoms with Crippen molar-refractivity contribution in [2.75, 3.05) is 25.1 Å². The van der Waals surface area contributed by atoms with Gasteiger partial charge in [-0.3, -0.25) is 76.7 Å². The van der Waals surface area contributed by atoms with Crippen LogP contribution in [-0.4, -0.2) is 245 Å². The Kier molecular flexibility index (Phi) is 40.0. The van der Waals surface area contributed by atoms with E-state index in [-0.39, 0.29) is 75.1 Å². The number of aliphatic hydroxyl groups excluding tert-OH is 1. The van der Waals surface area contributed by atoms with Gasteiger partial charge in [0.1, 0.15) is 72.2 Å². The molecule has 12 amide bonds. The number of aromatic hydroxyl groups is 1. The summed E-state index contributed by atoms with van der Waals surface area (Å²) in [6.07, 6.45) is -5.82. The lowest BCUT2D eigenvalue weighted by Crippen LogP contribution is -2.62. The van der Waals surface area contributed by atoms with Crippen molar-refractivity contribution >= 4 is 112 Å². The highest BCUT2D eigenvalue weighted by atomic mass is 32.2. The number of amides is 12. The molecule has 104 heavy (non-hydrogen) atoms. The number of carbonyl (C=O) groups excluding carboxylic acids is 12. The summed E-state index contributed by atoms with van der Waals surface area (Å²) in [5, 5.41) is 92.7. The molecule has 1 aliphatic heterocycles. The fourth-order valence-electron chi connectivity index (χ4n) is 10.8. The normalized spacial score (nSPS) is 16.1. The second-order valence-electron chi connectivity index (χ2n) is 26.0. The number of unbranched alkanes of at least 4 members (excludes halogenated alkanes) is 1. The lowest BCUT2D eigenvalue weighted by atomic mass is 9.99. The van der Waals surface area contributed by atoms with Crippen molar-refractivity contribution in [1.29, 1.82) is 0 Å². The number of primary amides is 1. The molecule has 0 aliphatic carbocycles. The molecule has 0 unspecified atom stereocenters. The Morgan fingerprint density at radius 2 is 0.904 bits per heavy atom. The highest BCUT2D eigenvalue weighted by molar-refractivity contribution is 7.98. The van der Waals surface area contributed by atoms with E-state index in [9.17, 15) is 112 Å². The summed E-state index contributed by atoms with van der Waals surface area (Å²) in [5.41, 5.74) is 17.1. The Morgan fingerprint density at radius 1 is 0.500 bits per heavy atom. The second-order valence-corrected chi connectivity index (χ2v) is 27.0. The van der Waals surface area contributed by atoms with Crippen LogP contribution in [0.1, 0.15) is 149 Å². The Bertz CT molecular complexity index is 3160. The van der Waals surface area contributed by atoms with E-state index in [1.807, 2.05) is 0 Å². The number of nitrogens with one attached hydrogen (secondary N) is 10. The summed E-state index contributed by atoms with van der Waals surface area (Å²) < 4.78 is 0. The summed E-state index contributed by atoms with van der Waals surface area (Å²) in [5.74, 6) is -20.9. The summed E-state index contributed by atoms with van der Waals surface area (Å²) in [6.45, 7) is 7.84. The van der Waals surface area contributed by atoms with Gasteiger partial charge in [0.25, 0.3) is 0 Å². The molecule has 1 fully saturated rings. The Morgan fingerprint density at radius 3 is 1.34 bits per heavy atom. The number of carboxylic acid groups (broad SMARTS) is 5. The summed E-state index contributed by atoms with van der Waals surface area (Å²) in [4.78, 5) is 227. The Hall–Kier alpha value is -9.76. The average molecular weight is 1500 g/mol. The molecule has 2 rings (SSSR count). The van der Waals surface area contributed by atoms with E-state index in [1.165, 1.54) is 36.0 Å². The van der Waals surface area contributed by atoms with Gasteiger partial charge < -0.3 is 111 Å². The molecule has 1 aromatic carbocycles. The number of aliphatic hydroxyl groups is 1. The van der Waals surface area contributed by atoms with Crippen molar-refractivity contribution in [3.8, 4) is 5.75 Å². The first kappa shape index (κ1) is 90.3. The fourth-order valence-corrected chi connectivity index (χ4v) is 11.2. The molecule has 0 aromatic heterocycles. The van der Waals surface area contributed by atoms with Crippen molar-refractivity contribution in [2.45, 2.75) is 229 Å². The molecule has 13 atom stereocenters. The second kappa shape index (κ2) is 46.1. The quantitative estimate of drug-likeness (QED) is 0.0276. The zero-order chi connectivity index (χ0) is 78.7. The molecule has 38 nitrogen and oxygen atoms in total. The number of nitrogens with two attached hydrogens (primary N) is 3. The number of hydrogen-bond acceptors (Lipinski definition) is 22. The number of rotatable bonds is 50. The minimum absolute atomic E-state index is 0.0153. The molecule has 0 spiro atoms. The molecular formula is C65H102N14O24S. The number of carboxylic acids is 5. The van der Waals surface area contributed by atoms with Crippen LogP contribution in [0, 0.1) is 11.8 Å². The van der Waals surface area contributed by atoms with Crippen LogP contribution in [0.3, 0.4) is 0 Å². The van der Waals surface area contributed by atoms with Gasteiger partial charge in [0, 0.05) is 38.6 Å². The predicted molar refractivity (Wildman–Crippen MR) is 369 cm³/mol. The SMILES string of the molecule is CSCC[C@H](NC(=O)[C@H](CC(C)C)NC(=O)[C@@H](NC(=O)[C@H](CCC(=O)O)NC(=O)[C@@H](N)CCC(=O)O)[C@@H](C)O)C(=O)N[C@@H](CCC(=O)O)C(=O)N[C@@H](Cc1ccc(O)cc1)C(=O)N[C@@H](CC(C)C)C(=O)N[C@@H](CCC(=O)O)C(=O)N[C@@H](CC(N)=O)C(=O)N1CCC[C@H]1C(=O)N[C@@H](CCCCN)C(=O)O. The van der Waals surface area contributed by atoms with E-state index in [2.05, 4.69) is 53.2 Å². The van der Waals surface area contributed by atoms with Gasteiger partial charge in [-0.25, -0.2) is 4.79 Å². The average Bonchev–Trinajstić information content (AvgIpc) is 1.72. The molecule has 0 radical (unpaired) electrons. The smallest absolute Gasteiger partial charge is 0.326 e. The third-order valence-electron chi connectivity index (χ3n) is 16.3. The number of benzene rings is 1. The topological polar surface area (TPSA) is 633 Å². The van der Waals surface area contributed by atoms with Gasteiger partial charge in [0.05, 0.1) is 18.6 Å². The van der Waals surface area contributed by atoms with Crippen LogP contribution in [0.2, 0.25) is 0 Å². The standard InChI is InChI=1S/C65H102N14O24S/c1-32(2)28-43(59(96)71-39(18-22-51(87)88)56(93)77-46(31-48(68)82)64(101)79-26-9-11-47(79)62(99)73-42(65(102)103)10-7-8-25-66)74-61(98)45(30-35-12-14-36(81)15-13-35)75-55(92)38(17-21-50(85)86)70-57(94)41(24-27-104-6)72-60(97)44(29-33(3)4)76-63(100)53(34(5)80)78-58(95)40(19-23-52(89)90)69-54(91)37(67)16-20-49(83)84/h12-15,32-34,37-47,53,80-81H,7-11,16-31,66-67H2,1-6H3,(H2,68,82)(H,69,91)(H,70,94)(H,71,96)(H,72,97)(H,73,99)(H,74,98)(H,75,92)(H,76,100)(H,77,93)(H,78,95)(H,83,84)(H,85,86)(H,87,88)(H,89,90)(H,102,103)/t34-,37+,38+,39+,40+,41+,42+,43+,44+,45+,46+,47+,53+/m1/s1. The van der Waals surface area contributed by atoms with Crippen molar-refractivity contribution in [2.24, 2.45) is 29.0 Å². The molecule has 23 N–H and O–H groups in total. The molecule has 1 heterocycles. The lowest BCUT2D eigenvalue weighted by molar-refractivity contribution is -0.145. The van der Waals surface area contributed by atoms with E-state index in [0.717, 1.165) is 11.8 Å². The third-order valence-corrected chi connectivity index (χ3v) is 16.9. The summed E-state index contributed by atoms with van der Waals surface area (Å²) >= 11 is 1.21. The first-order valence-electron chi connectivity index (χ1n) is 33.9. The van der Waals surface area contributed by atoms with Gasteiger partial charge in [-0.15, -0.1) is 0 Å². The zero-order valence-electron chi connectivity index (χ0n) is 59.0. The molecule has 39 heteroatoms. The number of phenolic OH excluding ortho intramolecular Hbond substituents is 1. The number of hydrogen-bond donors (Lipinski definition) is 20. The Labute approximate surface area is 604 Å². The maximum atomic E-state index is 14.7. The Balaban J connectivity index is 2.57. The summed E-state index contributed by atoms with van der Waals surface area (Å²) in [7, 11) is 0. The van der Waals surface area contributed by atoms with Gasteiger partial charge in [0.15, 0.2) is 0 Å². The number of nitrogens with zero attached hydrogens (tertiary/aromatic N) is 1. The maximum absolute atomic E-state index is 14.7. The number of likely N-dealkylation sites (tertiary alicyclic amines) is 1. The highest BCUT2D eigenvalue weighted by Crippen LogP contribution is 2.22. The van der Waals surface area contributed by atoms with E-state index < -0.39 is 249 Å². The summed E-state index contributed by atoms with van der Waals surface area (Å²) in [6, 6.07) is -14.4. The van der Waals surface area contributed by atoms with Gasteiger partial charge >= 0.3 is 29.8 Å². The van der Waals surface area contributed by atoms with Crippen molar-refractivity contribution in [3.63, 3.8) is 0 Å². The number of aliphatic carboxylic acids is 5. The lowest BCUT2D eigenvalue weighted by Gasteiger charge is -2.30. The van der Waals surface area contributed by atoms with Crippen LogP contribution < -0.4 is 70.4 Å². The molecule has 0 bridgehead atoms. The minimum atomic E-state index is -1.89. The predicted octanol–water partition coefficient (Wildman–Crippen LogP) is -4.12. The first-order chi connectivity index (χ1) is 48.8. The fraction of sp³-hybridized carbons (Fsp3) is 0.646. The number of thioether (sulfide) groups is 1. The van der Waals surface area contributed by atoms with Crippen LogP contribution in [-0.2, 0) is 87.9 Å². The maximum Gasteiger partial charge on any atom is 0.326 e. The van der Waals surface area contributed by atoms with Crippen LogP contribution in [0.4, 0.5) is 0 Å². The van der Waals surface area contributed by atoms with Crippen LogP contribution in [0.25, 0.3) is 0 Å². The van der Waals surface area contributed by atoms with Crippen molar-refractivity contribution in [1.82, 2.24) is 58.1 Å².